The van der Waals surface area contributed by atoms with E-state index in [9.17, 15) is 13.2 Å². The van der Waals surface area contributed by atoms with Crippen molar-refractivity contribution in [2.24, 2.45) is 0 Å². The van der Waals surface area contributed by atoms with Crippen molar-refractivity contribution in [3.05, 3.63) is 0 Å². The lowest BCUT2D eigenvalue weighted by atomic mass is 10.4. The molecular formula is C8H14F3NO2. The van der Waals surface area contributed by atoms with Crippen molar-refractivity contribution in [2.45, 2.75) is 19.0 Å². The molecule has 0 spiro atoms. The van der Waals surface area contributed by atoms with Crippen molar-refractivity contribution in [3.63, 3.8) is 0 Å². The molecule has 0 aromatic carbocycles. The summed E-state index contributed by atoms with van der Waals surface area (Å²) in [6, 6.07) is 0. The van der Waals surface area contributed by atoms with Crippen LogP contribution in [-0.2, 0) is 4.79 Å². The van der Waals surface area contributed by atoms with E-state index in [4.69, 9.17) is 9.90 Å². The van der Waals surface area contributed by atoms with Crippen molar-refractivity contribution in [1.82, 2.24) is 0 Å². The summed E-state index contributed by atoms with van der Waals surface area (Å²) >= 11 is 0. The van der Waals surface area contributed by atoms with E-state index in [1.165, 1.54) is 30.4 Å². The minimum atomic E-state index is -5.19. The molecule has 0 aromatic rings. The molecule has 3 nitrogen and oxygen atoms in total. The summed E-state index contributed by atoms with van der Waals surface area (Å²) in [5.41, 5.74) is 0. The van der Waals surface area contributed by atoms with E-state index < -0.39 is 12.1 Å². The monoisotopic (exact) mass is 213 g/mol. The molecule has 0 aromatic heterocycles. The van der Waals surface area contributed by atoms with Crippen LogP contribution in [0.25, 0.3) is 0 Å². The highest BCUT2D eigenvalue weighted by Crippen LogP contribution is 2.11. The average Bonchev–Trinajstić information content (AvgIpc) is 2.33. The van der Waals surface area contributed by atoms with E-state index in [0.29, 0.717) is 0 Å². The van der Waals surface area contributed by atoms with Crippen molar-refractivity contribution in [1.29, 1.82) is 0 Å². The normalized spacial score (nSPS) is 19.8. The topological polar surface area (TPSA) is 40.1 Å². The van der Waals surface area contributed by atoms with Gasteiger partial charge in [-0.05, 0) is 0 Å². The van der Waals surface area contributed by atoms with Crippen LogP contribution in [0.4, 0.5) is 13.2 Å². The van der Waals surface area contributed by atoms with Gasteiger partial charge in [-0.1, -0.05) is 0 Å². The van der Waals surface area contributed by atoms with E-state index in [-0.39, 0.29) is 0 Å². The maximum Gasteiger partial charge on any atom is 0.430 e. The molecule has 0 bridgehead atoms. The van der Waals surface area contributed by atoms with Crippen LogP contribution in [0.2, 0.25) is 0 Å². The van der Waals surface area contributed by atoms with Gasteiger partial charge in [0.2, 0.25) is 0 Å². The van der Waals surface area contributed by atoms with Gasteiger partial charge in [-0.3, -0.25) is 0 Å². The highest BCUT2D eigenvalue weighted by molar-refractivity contribution is 5.70. The number of halogens is 3. The molecule has 84 valence electrons. The Balaban J connectivity index is 0.000000241. The number of carboxylic acids is 1. The van der Waals surface area contributed by atoms with Gasteiger partial charge in [-0.15, -0.1) is 0 Å². The van der Waals surface area contributed by atoms with Crippen molar-refractivity contribution >= 4 is 5.97 Å². The van der Waals surface area contributed by atoms with Gasteiger partial charge in [0, 0.05) is 12.8 Å². The van der Waals surface area contributed by atoms with Gasteiger partial charge < -0.3 is 14.4 Å². The number of carbonyl (C=O) groups is 1. The summed E-state index contributed by atoms with van der Waals surface area (Å²) in [7, 11) is 4.60. The van der Waals surface area contributed by atoms with Crippen LogP contribution in [0.5, 0.6) is 0 Å². The number of likely N-dealkylation sites (tertiary alicyclic amines) is 1. The highest BCUT2D eigenvalue weighted by atomic mass is 19.4. The lowest BCUT2D eigenvalue weighted by Gasteiger charge is -2.21. The molecule has 0 aliphatic carbocycles. The van der Waals surface area contributed by atoms with Crippen molar-refractivity contribution in [3.8, 4) is 0 Å². The molecule has 0 unspecified atom stereocenters. The number of hydrogen-bond acceptors (Lipinski definition) is 2. The largest absolute Gasteiger partial charge is 0.542 e. The quantitative estimate of drug-likeness (QED) is 0.537. The van der Waals surface area contributed by atoms with Gasteiger partial charge in [0.05, 0.1) is 27.2 Å². The smallest absolute Gasteiger partial charge is 0.430 e. The molecule has 1 rings (SSSR count). The molecule has 1 aliphatic rings. The van der Waals surface area contributed by atoms with E-state index in [2.05, 4.69) is 14.1 Å². The van der Waals surface area contributed by atoms with E-state index in [1.807, 2.05) is 0 Å². The van der Waals surface area contributed by atoms with Gasteiger partial charge in [0.1, 0.15) is 5.97 Å². The summed E-state index contributed by atoms with van der Waals surface area (Å²) in [6.07, 6.45) is -2.32. The maximum absolute atomic E-state index is 10.5. The number of quaternary nitrogens is 1. The van der Waals surface area contributed by atoms with E-state index >= 15 is 0 Å². The Kier molecular flexibility index (Phi) is 4.38. The molecule has 1 saturated heterocycles. The number of alkyl halides is 3. The van der Waals surface area contributed by atoms with Gasteiger partial charge in [0.25, 0.3) is 0 Å². The standard InChI is InChI=1S/C6H14N.C2HF3O2/c1-7(2)5-3-4-6-7;3-2(4,5)1(6)7/h3-6H2,1-2H3;(H,6,7)/q+1;/p-1. The van der Waals surface area contributed by atoms with Crippen LogP contribution < -0.4 is 5.11 Å². The van der Waals surface area contributed by atoms with Crippen LogP contribution in [0, 0.1) is 0 Å². The fourth-order valence-corrected chi connectivity index (χ4v) is 1.19. The number of rotatable bonds is 0. The molecule has 1 heterocycles. The molecule has 14 heavy (non-hydrogen) atoms. The fourth-order valence-electron chi connectivity index (χ4n) is 1.19. The molecule has 0 amide bonds. The second-order valence-electron chi connectivity index (χ2n) is 3.88. The Bertz CT molecular complexity index is 193. The first-order valence-electron chi connectivity index (χ1n) is 4.25. The van der Waals surface area contributed by atoms with E-state index in [1.54, 1.807) is 0 Å². The maximum atomic E-state index is 10.5. The second-order valence-corrected chi connectivity index (χ2v) is 3.88. The Hall–Kier alpha value is -0.780. The number of hydrogen-bond donors (Lipinski definition) is 0. The van der Waals surface area contributed by atoms with Crippen LogP contribution in [0.3, 0.4) is 0 Å². The zero-order valence-corrected chi connectivity index (χ0v) is 8.23. The first-order chi connectivity index (χ1) is 6.15. The Labute approximate surface area is 80.7 Å². The molecule has 0 atom stereocenters. The van der Waals surface area contributed by atoms with Gasteiger partial charge >= 0.3 is 6.18 Å². The molecule has 1 fully saturated rings. The molecule has 6 heteroatoms. The second kappa shape index (κ2) is 4.63. The summed E-state index contributed by atoms with van der Waals surface area (Å²) in [4.78, 5) is 8.78. The lowest BCUT2D eigenvalue weighted by Crippen LogP contribution is -2.37. The number of carbonyl (C=O) groups excluding carboxylic acids is 1. The van der Waals surface area contributed by atoms with Crippen LogP contribution >= 0.6 is 0 Å². The number of carboxylic acid groups (broad SMARTS) is 1. The summed E-state index contributed by atoms with van der Waals surface area (Å²) in [5.74, 6) is -3.01. The molecule has 0 radical (unpaired) electrons. The van der Waals surface area contributed by atoms with Crippen molar-refractivity contribution in [2.75, 3.05) is 27.2 Å². The Morgan fingerprint density at radius 2 is 1.50 bits per heavy atom. The van der Waals surface area contributed by atoms with Gasteiger partial charge in [0.15, 0.2) is 0 Å². The molecule has 1 aliphatic heterocycles. The average molecular weight is 213 g/mol. The minimum Gasteiger partial charge on any atom is -0.542 e. The SMILES string of the molecule is C[N+]1(C)CCCC1.O=C([O-])C(F)(F)F. The number of aliphatic carboxylic acids is 1. The molecule has 0 saturated carbocycles. The third kappa shape index (κ3) is 5.80. The fraction of sp³-hybridized carbons (Fsp3) is 0.875. The van der Waals surface area contributed by atoms with Gasteiger partial charge in [-0.2, -0.15) is 13.2 Å². The predicted molar refractivity (Wildman–Crippen MR) is 42.1 cm³/mol. The predicted octanol–water partition coefficient (Wildman–Crippen LogP) is 0.155. The van der Waals surface area contributed by atoms with Crippen LogP contribution in [0.15, 0.2) is 0 Å². The first kappa shape index (κ1) is 13.2. The zero-order valence-electron chi connectivity index (χ0n) is 8.23. The summed E-state index contributed by atoms with van der Waals surface area (Å²) in [6.45, 7) is 2.78. The lowest BCUT2D eigenvalue weighted by molar-refractivity contribution is -0.877. The van der Waals surface area contributed by atoms with E-state index in [0.717, 1.165) is 0 Å². The third-order valence-electron chi connectivity index (χ3n) is 2.01. The third-order valence-corrected chi connectivity index (χ3v) is 2.01. The minimum absolute atomic E-state index is 1.25. The van der Waals surface area contributed by atoms with Crippen LogP contribution in [-0.4, -0.2) is 43.8 Å². The summed E-state index contributed by atoms with van der Waals surface area (Å²) < 4.78 is 32.8. The Morgan fingerprint density at radius 1 is 1.21 bits per heavy atom. The van der Waals surface area contributed by atoms with Crippen LogP contribution in [0.1, 0.15) is 12.8 Å². The molecule has 0 N–H and O–H groups in total. The highest BCUT2D eigenvalue weighted by Gasteiger charge is 2.28. The summed E-state index contributed by atoms with van der Waals surface area (Å²) in [5, 5.41) is 8.78. The zero-order chi connectivity index (χ0) is 11.4. The Morgan fingerprint density at radius 3 is 1.57 bits per heavy atom. The number of nitrogens with zero attached hydrogens (tertiary/aromatic N) is 1. The molecular weight excluding hydrogens is 199 g/mol. The van der Waals surface area contributed by atoms with Gasteiger partial charge in [-0.25, -0.2) is 0 Å². The van der Waals surface area contributed by atoms with Crippen molar-refractivity contribution < 1.29 is 27.6 Å². The first-order valence-corrected chi connectivity index (χ1v) is 4.25.